The molecule has 3 heterocycles. The van der Waals surface area contributed by atoms with Gasteiger partial charge in [-0.25, -0.2) is 9.67 Å². The molecule has 5 nitrogen and oxygen atoms in total. The number of rotatable bonds is 2. The van der Waals surface area contributed by atoms with Gasteiger partial charge in [0.2, 0.25) is 0 Å². The number of nitrogens with zero attached hydrogens (tertiary/aromatic N) is 4. The highest BCUT2D eigenvalue weighted by atomic mass is 32.1. The highest BCUT2D eigenvalue weighted by molar-refractivity contribution is 7.08. The van der Waals surface area contributed by atoms with Crippen molar-refractivity contribution in [2.75, 3.05) is 13.1 Å². The van der Waals surface area contributed by atoms with Gasteiger partial charge in [0.15, 0.2) is 0 Å². The number of hydrogen-bond donors (Lipinski definition) is 0. The summed E-state index contributed by atoms with van der Waals surface area (Å²) in [7, 11) is 0. The first-order valence-corrected chi connectivity index (χ1v) is 7.80. The molecular formula is C14H18N4OS. The number of piperidine rings is 1. The third-order valence-electron chi connectivity index (χ3n) is 3.71. The van der Waals surface area contributed by atoms with Gasteiger partial charge in [-0.05, 0) is 38.1 Å². The Bertz CT molecular complexity index is 605. The Morgan fingerprint density at radius 2 is 2.30 bits per heavy atom. The fourth-order valence-electron chi connectivity index (χ4n) is 2.79. The van der Waals surface area contributed by atoms with E-state index in [1.807, 2.05) is 40.3 Å². The molecule has 1 aliphatic heterocycles. The average molecular weight is 290 g/mol. The lowest BCUT2D eigenvalue weighted by atomic mass is 10.1. The molecule has 1 aliphatic rings. The summed E-state index contributed by atoms with van der Waals surface area (Å²) in [6, 6.07) is 2.13. The number of carbonyl (C=O) groups excluding carboxylic acids is 1. The van der Waals surface area contributed by atoms with Crippen molar-refractivity contribution in [3.63, 3.8) is 0 Å². The van der Waals surface area contributed by atoms with Crippen LogP contribution in [0.5, 0.6) is 0 Å². The van der Waals surface area contributed by atoms with Crippen LogP contribution in [-0.4, -0.2) is 38.7 Å². The zero-order valence-electron chi connectivity index (χ0n) is 11.7. The van der Waals surface area contributed by atoms with Crippen LogP contribution < -0.4 is 0 Å². The van der Waals surface area contributed by atoms with Gasteiger partial charge in [0.25, 0.3) is 5.91 Å². The van der Waals surface area contributed by atoms with Crippen LogP contribution in [0.25, 0.3) is 0 Å². The molecule has 0 aliphatic carbocycles. The molecule has 1 amide bonds. The summed E-state index contributed by atoms with van der Waals surface area (Å²) in [6.07, 6.45) is 2.07. The van der Waals surface area contributed by atoms with Crippen LogP contribution in [0, 0.1) is 13.8 Å². The van der Waals surface area contributed by atoms with E-state index < -0.39 is 0 Å². The fraction of sp³-hybridized carbons (Fsp3) is 0.500. The minimum atomic E-state index is 0.130. The van der Waals surface area contributed by atoms with Crippen LogP contribution in [-0.2, 0) is 0 Å². The van der Waals surface area contributed by atoms with Crippen molar-refractivity contribution in [2.24, 2.45) is 0 Å². The second-order valence-corrected chi connectivity index (χ2v) is 5.99. The predicted molar refractivity (Wildman–Crippen MR) is 78.0 cm³/mol. The first-order valence-electron chi connectivity index (χ1n) is 6.86. The van der Waals surface area contributed by atoms with Gasteiger partial charge in [-0.1, -0.05) is 0 Å². The molecule has 1 saturated heterocycles. The second-order valence-electron chi connectivity index (χ2n) is 5.21. The number of aryl methyl sites for hydroxylation is 2. The van der Waals surface area contributed by atoms with Crippen molar-refractivity contribution in [1.29, 1.82) is 0 Å². The molecule has 0 spiro atoms. The van der Waals surface area contributed by atoms with E-state index in [4.69, 9.17) is 0 Å². The number of aromatic nitrogens is 3. The summed E-state index contributed by atoms with van der Waals surface area (Å²) in [5.41, 5.74) is 0.794. The van der Waals surface area contributed by atoms with Crippen molar-refractivity contribution in [1.82, 2.24) is 19.7 Å². The second kappa shape index (κ2) is 5.36. The molecule has 0 bridgehead atoms. The first kappa shape index (κ1) is 13.3. The zero-order chi connectivity index (χ0) is 14.1. The third-order valence-corrected chi connectivity index (χ3v) is 4.39. The van der Waals surface area contributed by atoms with Gasteiger partial charge in [-0.3, -0.25) is 4.79 Å². The summed E-state index contributed by atoms with van der Waals surface area (Å²) in [6.45, 7) is 5.43. The Labute approximate surface area is 122 Å². The number of likely N-dealkylation sites (tertiary alicyclic amines) is 1. The Hall–Kier alpha value is -1.69. The number of carbonyl (C=O) groups is 1. The lowest BCUT2D eigenvalue weighted by Gasteiger charge is -2.33. The van der Waals surface area contributed by atoms with E-state index in [1.54, 1.807) is 11.3 Å². The van der Waals surface area contributed by atoms with Gasteiger partial charge in [0.1, 0.15) is 11.6 Å². The minimum absolute atomic E-state index is 0.130. The van der Waals surface area contributed by atoms with E-state index in [1.165, 1.54) is 0 Å². The molecule has 0 saturated carbocycles. The van der Waals surface area contributed by atoms with Gasteiger partial charge in [0, 0.05) is 18.5 Å². The molecule has 2 aromatic rings. The van der Waals surface area contributed by atoms with Gasteiger partial charge in [-0.15, -0.1) is 0 Å². The summed E-state index contributed by atoms with van der Waals surface area (Å²) in [4.78, 5) is 18.7. The zero-order valence-corrected chi connectivity index (χ0v) is 12.6. The average Bonchev–Trinajstić information content (AvgIpc) is 3.08. The van der Waals surface area contributed by atoms with Crippen molar-refractivity contribution < 1.29 is 4.79 Å². The van der Waals surface area contributed by atoms with Crippen molar-refractivity contribution in [2.45, 2.75) is 32.7 Å². The van der Waals surface area contributed by atoms with E-state index in [-0.39, 0.29) is 11.9 Å². The third kappa shape index (κ3) is 2.47. The van der Waals surface area contributed by atoms with Crippen LogP contribution in [0.4, 0.5) is 0 Å². The van der Waals surface area contributed by atoms with Crippen molar-refractivity contribution >= 4 is 17.2 Å². The molecular weight excluding hydrogens is 272 g/mol. The van der Waals surface area contributed by atoms with Gasteiger partial charge in [-0.2, -0.15) is 16.4 Å². The van der Waals surface area contributed by atoms with Gasteiger partial charge in [0.05, 0.1) is 11.6 Å². The van der Waals surface area contributed by atoms with E-state index in [9.17, 15) is 4.79 Å². The van der Waals surface area contributed by atoms with E-state index in [2.05, 4.69) is 10.1 Å². The van der Waals surface area contributed by atoms with E-state index >= 15 is 0 Å². The highest BCUT2D eigenvalue weighted by Gasteiger charge is 2.27. The van der Waals surface area contributed by atoms with Crippen molar-refractivity contribution in [3.8, 4) is 0 Å². The van der Waals surface area contributed by atoms with Crippen LogP contribution in [0.2, 0.25) is 0 Å². The molecule has 0 N–H and O–H groups in total. The standard InChI is InChI=1S/C14H18N4OS/c1-10-15-11(2)18(16-10)13-4-3-6-17(8-13)14(19)12-5-7-20-9-12/h5,7,9,13H,3-4,6,8H2,1-2H3. The van der Waals surface area contributed by atoms with E-state index in [0.29, 0.717) is 0 Å². The molecule has 2 aromatic heterocycles. The summed E-state index contributed by atoms with van der Waals surface area (Å²) < 4.78 is 1.97. The van der Waals surface area contributed by atoms with Gasteiger partial charge < -0.3 is 4.90 Å². The molecule has 6 heteroatoms. The summed E-state index contributed by atoms with van der Waals surface area (Å²) >= 11 is 1.56. The Balaban J connectivity index is 1.77. The maximum Gasteiger partial charge on any atom is 0.254 e. The molecule has 0 radical (unpaired) electrons. The normalized spacial score (nSPS) is 19.3. The van der Waals surface area contributed by atoms with Crippen LogP contribution in [0.15, 0.2) is 16.8 Å². The topological polar surface area (TPSA) is 51.0 Å². The van der Waals surface area contributed by atoms with Gasteiger partial charge >= 0.3 is 0 Å². The Morgan fingerprint density at radius 1 is 1.45 bits per heavy atom. The molecule has 0 aromatic carbocycles. The molecule has 20 heavy (non-hydrogen) atoms. The highest BCUT2D eigenvalue weighted by Crippen LogP contribution is 2.23. The van der Waals surface area contributed by atoms with Crippen LogP contribution >= 0.6 is 11.3 Å². The minimum Gasteiger partial charge on any atom is -0.336 e. The molecule has 3 rings (SSSR count). The largest absolute Gasteiger partial charge is 0.336 e. The number of hydrogen-bond acceptors (Lipinski definition) is 4. The quantitative estimate of drug-likeness (QED) is 0.853. The summed E-state index contributed by atoms with van der Waals surface area (Å²) in [5.74, 6) is 1.85. The van der Waals surface area contributed by atoms with Crippen LogP contribution in [0.3, 0.4) is 0 Å². The molecule has 106 valence electrons. The molecule has 1 unspecified atom stereocenters. The number of thiophene rings is 1. The summed E-state index contributed by atoms with van der Waals surface area (Å²) in [5, 5.41) is 8.32. The smallest absolute Gasteiger partial charge is 0.254 e. The Kier molecular flexibility index (Phi) is 3.56. The van der Waals surface area contributed by atoms with E-state index in [0.717, 1.165) is 43.1 Å². The van der Waals surface area contributed by atoms with Crippen LogP contribution in [0.1, 0.15) is 40.9 Å². The first-order chi connectivity index (χ1) is 9.65. The maximum atomic E-state index is 12.4. The fourth-order valence-corrected chi connectivity index (χ4v) is 3.42. The SMILES string of the molecule is Cc1nc(C)n(C2CCCN(C(=O)c3ccsc3)C2)n1. The number of amides is 1. The predicted octanol–water partition coefficient (Wildman–Crippen LogP) is 2.43. The lowest BCUT2D eigenvalue weighted by Crippen LogP contribution is -2.41. The van der Waals surface area contributed by atoms with Crippen molar-refractivity contribution in [3.05, 3.63) is 34.0 Å². The Morgan fingerprint density at radius 3 is 2.95 bits per heavy atom. The monoisotopic (exact) mass is 290 g/mol. The molecule has 1 fully saturated rings. The molecule has 1 atom stereocenters. The maximum absolute atomic E-state index is 12.4. The lowest BCUT2D eigenvalue weighted by molar-refractivity contribution is 0.0672.